The van der Waals surface area contributed by atoms with Crippen LogP contribution in [0.1, 0.15) is 30.9 Å². The molecular formula is C26H23F7N6O3. The third kappa shape index (κ3) is 6.92. The van der Waals surface area contributed by atoms with Crippen LogP contribution in [0.15, 0.2) is 52.6 Å². The SMILES string of the molecule is CCOC[C@@H](CCCn1ccc2cc(-c3ncc(C(F)(F)F)cn3)c(F)cc2c1=O)Nc1cn[nH]c(=O)c1C(F)(F)F. The second-order valence-corrected chi connectivity index (χ2v) is 9.16. The molecule has 16 heteroatoms. The third-order valence-corrected chi connectivity index (χ3v) is 6.26. The number of ether oxygens (including phenoxy) is 1. The number of H-pyrrole nitrogens is 1. The number of hydrogen-bond acceptors (Lipinski definition) is 7. The van der Waals surface area contributed by atoms with Gasteiger partial charge in [-0.3, -0.25) is 9.59 Å². The monoisotopic (exact) mass is 600 g/mol. The number of pyridine rings is 1. The number of fused-ring (bicyclic) bond motifs is 1. The zero-order valence-corrected chi connectivity index (χ0v) is 21.8. The molecule has 1 aromatic carbocycles. The van der Waals surface area contributed by atoms with Crippen molar-refractivity contribution in [2.45, 2.75) is 44.7 Å². The van der Waals surface area contributed by atoms with E-state index in [1.54, 1.807) is 12.0 Å². The molecular weight excluding hydrogens is 577 g/mol. The Morgan fingerprint density at radius 2 is 1.76 bits per heavy atom. The van der Waals surface area contributed by atoms with E-state index in [9.17, 15) is 40.3 Å². The van der Waals surface area contributed by atoms with Gasteiger partial charge in [0.05, 0.1) is 35.0 Å². The van der Waals surface area contributed by atoms with Gasteiger partial charge in [-0.05, 0) is 43.4 Å². The van der Waals surface area contributed by atoms with Gasteiger partial charge in [0.2, 0.25) is 0 Å². The summed E-state index contributed by atoms with van der Waals surface area (Å²) in [6.07, 6.45) is -5.71. The molecule has 9 nitrogen and oxygen atoms in total. The van der Waals surface area contributed by atoms with Crippen LogP contribution < -0.4 is 16.4 Å². The van der Waals surface area contributed by atoms with Gasteiger partial charge in [0.25, 0.3) is 11.1 Å². The van der Waals surface area contributed by atoms with Gasteiger partial charge in [0.1, 0.15) is 11.4 Å². The van der Waals surface area contributed by atoms with E-state index in [1.165, 1.54) is 22.9 Å². The Bertz CT molecular complexity index is 1670. The zero-order chi connectivity index (χ0) is 30.7. The lowest BCUT2D eigenvalue weighted by atomic mass is 10.1. The van der Waals surface area contributed by atoms with E-state index in [2.05, 4.69) is 20.4 Å². The van der Waals surface area contributed by atoms with Gasteiger partial charge in [-0.25, -0.2) is 19.5 Å². The number of aromatic nitrogens is 5. The minimum absolute atomic E-state index is 0.000873. The number of anilines is 1. The topological polar surface area (TPSA) is 115 Å². The van der Waals surface area contributed by atoms with Crippen LogP contribution in [0.25, 0.3) is 22.2 Å². The lowest BCUT2D eigenvalue weighted by molar-refractivity contribution is -0.139. The molecule has 0 unspecified atom stereocenters. The Morgan fingerprint density at radius 3 is 2.40 bits per heavy atom. The maximum Gasteiger partial charge on any atom is 0.423 e. The minimum Gasteiger partial charge on any atom is -0.380 e. The Balaban J connectivity index is 1.51. The van der Waals surface area contributed by atoms with Crippen LogP contribution in [-0.4, -0.2) is 44.0 Å². The molecule has 4 rings (SSSR count). The summed E-state index contributed by atoms with van der Waals surface area (Å²) in [7, 11) is 0. The molecule has 3 heterocycles. The van der Waals surface area contributed by atoms with E-state index in [1.807, 2.05) is 0 Å². The summed E-state index contributed by atoms with van der Waals surface area (Å²) < 4.78 is 100. The van der Waals surface area contributed by atoms with Crippen LogP contribution in [0.5, 0.6) is 0 Å². The number of hydrogen-bond donors (Lipinski definition) is 2. The smallest absolute Gasteiger partial charge is 0.380 e. The Hall–Kier alpha value is -4.34. The van der Waals surface area contributed by atoms with Crippen LogP contribution in [-0.2, 0) is 23.6 Å². The maximum absolute atomic E-state index is 14.9. The lowest BCUT2D eigenvalue weighted by Gasteiger charge is -2.22. The van der Waals surface area contributed by atoms with Crippen molar-refractivity contribution in [2.75, 3.05) is 18.5 Å². The van der Waals surface area contributed by atoms with Crippen LogP contribution in [0, 0.1) is 5.82 Å². The number of alkyl halides is 6. The lowest BCUT2D eigenvalue weighted by Crippen LogP contribution is -2.31. The summed E-state index contributed by atoms with van der Waals surface area (Å²) in [6.45, 7) is 2.11. The standard InChI is InChI=1S/C26H23F7N6O3/c1-2-42-13-16(37-20-12-36-38-23(40)21(20)26(31,32)33)4-3-6-39-7-5-14-8-18(19(27)9-17(14)24(39)41)22-34-10-15(11-35-22)25(28,29)30/h5,7-12,16H,2-4,6,13H2,1H3,(H2,37,38,40)/t16-/m1/s1. The van der Waals surface area contributed by atoms with E-state index < -0.39 is 52.1 Å². The highest BCUT2D eigenvalue weighted by Crippen LogP contribution is 2.32. The number of benzene rings is 1. The molecule has 0 spiro atoms. The molecule has 0 saturated carbocycles. The van der Waals surface area contributed by atoms with Crippen molar-refractivity contribution in [3.05, 3.63) is 80.6 Å². The van der Waals surface area contributed by atoms with Crippen LogP contribution >= 0.6 is 0 Å². The fraction of sp³-hybridized carbons (Fsp3) is 0.346. The number of rotatable bonds is 10. The van der Waals surface area contributed by atoms with Crippen molar-refractivity contribution >= 4 is 16.5 Å². The highest BCUT2D eigenvalue weighted by Gasteiger charge is 2.37. The van der Waals surface area contributed by atoms with Crippen molar-refractivity contribution in [2.24, 2.45) is 0 Å². The zero-order valence-electron chi connectivity index (χ0n) is 21.8. The molecule has 0 aliphatic carbocycles. The summed E-state index contributed by atoms with van der Waals surface area (Å²) in [4.78, 5) is 32.0. The molecule has 0 saturated heterocycles. The van der Waals surface area contributed by atoms with Gasteiger partial charge in [0.15, 0.2) is 5.82 Å². The molecule has 224 valence electrons. The van der Waals surface area contributed by atoms with Gasteiger partial charge in [-0.1, -0.05) is 0 Å². The molecule has 0 radical (unpaired) electrons. The molecule has 0 amide bonds. The van der Waals surface area contributed by atoms with Crippen LogP contribution in [0.2, 0.25) is 0 Å². The number of nitrogens with one attached hydrogen (secondary N) is 2. The summed E-state index contributed by atoms with van der Waals surface area (Å²) in [5.41, 5.74) is -5.17. The van der Waals surface area contributed by atoms with Crippen molar-refractivity contribution < 1.29 is 35.5 Å². The van der Waals surface area contributed by atoms with Crippen molar-refractivity contribution in [1.82, 2.24) is 24.7 Å². The van der Waals surface area contributed by atoms with E-state index in [4.69, 9.17) is 4.74 Å². The van der Waals surface area contributed by atoms with Gasteiger partial charge in [-0.2, -0.15) is 31.4 Å². The predicted octanol–water partition coefficient (Wildman–Crippen LogP) is 5.02. The Morgan fingerprint density at radius 1 is 1.05 bits per heavy atom. The minimum atomic E-state index is -4.93. The Kier molecular flexibility index (Phi) is 8.94. The normalized spacial score (nSPS) is 13.0. The van der Waals surface area contributed by atoms with Gasteiger partial charge < -0.3 is 14.6 Å². The highest BCUT2D eigenvalue weighted by molar-refractivity contribution is 5.86. The van der Waals surface area contributed by atoms with Crippen molar-refractivity contribution in [1.29, 1.82) is 0 Å². The van der Waals surface area contributed by atoms with Gasteiger partial charge >= 0.3 is 12.4 Å². The van der Waals surface area contributed by atoms with E-state index >= 15 is 0 Å². The summed E-state index contributed by atoms with van der Waals surface area (Å²) in [6, 6.07) is 3.05. The van der Waals surface area contributed by atoms with Crippen LogP contribution in [0.4, 0.5) is 36.4 Å². The highest BCUT2D eigenvalue weighted by atomic mass is 19.4. The van der Waals surface area contributed by atoms with E-state index in [0.29, 0.717) is 17.8 Å². The first-order valence-corrected chi connectivity index (χ1v) is 12.5. The van der Waals surface area contributed by atoms with Crippen molar-refractivity contribution in [3.8, 4) is 11.4 Å². The quantitative estimate of drug-likeness (QED) is 0.246. The van der Waals surface area contributed by atoms with Gasteiger partial charge in [-0.15, -0.1) is 0 Å². The second-order valence-electron chi connectivity index (χ2n) is 9.16. The largest absolute Gasteiger partial charge is 0.423 e. The molecule has 3 aromatic heterocycles. The molecule has 0 bridgehead atoms. The predicted molar refractivity (Wildman–Crippen MR) is 137 cm³/mol. The average Bonchev–Trinajstić information content (AvgIpc) is 2.92. The summed E-state index contributed by atoms with van der Waals surface area (Å²) >= 11 is 0. The fourth-order valence-electron chi connectivity index (χ4n) is 4.24. The van der Waals surface area contributed by atoms with E-state index in [-0.39, 0.29) is 49.4 Å². The molecule has 0 aliphatic rings. The number of nitrogens with zero attached hydrogens (tertiary/aromatic N) is 4. The first-order valence-electron chi connectivity index (χ1n) is 12.5. The summed E-state index contributed by atoms with van der Waals surface area (Å²) in [5, 5.41) is 8.16. The first kappa shape index (κ1) is 30.6. The van der Waals surface area contributed by atoms with Crippen molar-refractivity contribution in [3.63, 3.8) is 0 Å². The summed E-state index contributed by atoms with van der Waals surface area (Å²) in [5.74, 6) is -1.20. The first-order chi connectivity index (χ1) is 19.8. The molecule has 0 aliphatic heterocycles. The fourth-order valence-corrected chi connectivity index (χ4v) is 4.24. The maximum atomic E-state index is 14.9. The number of aryl methyl sites for hydroxylation is 1. The number of halogens is 7. The molecule has 0 fully saturated rings. The molecule has 1 atom stereocenters. The molecule has 42 heavy (non-hydrogen) atoms. The Labute approximate surface area is 232 Å². The molecule has 2 N–H and O–H groups in total. The average molecular weight is 600 g/mol. The van der Waals surface area contributed by atoms with Crippen LogP contribution in [0.3, 0.4) is 0 Å². The van der Waals surface area contributed by atoms with E-state index in [0.717, 1.165) is 12.3 Å². The molecule has 4 aromatic rings. The third-order valence-electron chi connectivity index (χ3n) is 6.26. The second kappa shape index (κ2) is 12.3. The van der Waals surface area contributed by atoms with Gasteiger partial charge in [0, 0.05) is 37.8 Å². The number of aromatic amines is 1.